The molecule has 16 rings (SSSR count). The van der Waals surface area contributed by atoms with Crippen LogP contribution in [0.1, 0.15) is 79.0 Å². The van der Waals surface area contributed by atoms with E-state index in [0.29, 0.717) is 32.3 Å². The Balaban J connectivity index is 0.00000770. The zero-order chi connectivity index (χ0) is 66.1. The molecule has 0 radical (unpaired) electrons. The maximum atomic E-state index is 15.6. The van der Waals surface area contributed by atoms with Crippen LogP contribution in [0.2, 0.25) is 0 Å². The van der Waals surface area contributed by atoms with Crippen LogP contribution in [0.5, 0.6) is 0 Å². The zero-order valence-electron chi connectivity index (χ0n) is 55.4. The molecule has 3 aromatic heterocycles. The van der Waals surface area contributed by atoms with Crippen molar-refractivity contribution in [2.45, 2.75) is 78.6 Å². The van der Waals surface area contributed by atoms with Gasteiger partial charge in [-0.2, -0.15) is 0 Å². The summed E-state index contributed by atoms with van der Waals surface area (Å²) in [4.78, 5) is 61.4. The molecule has 0 spiro atoms. The third-order valence-electron chi connectivity index (χ3n) is 19.5. The molecule has 7 heteroatoms. The van der Waals surface area contributed by atoms with E-state index in [4.69, 9.17) is 15.0 Å². The Hall–Kier alpha value is -10.7. The topological polar surface area (TPSA) is 89.9 Å². The van der Waals surface area contributed by atoms with Crippen LogP contribution in [0.15, 0.2) is 251 Å². The molecule has 0 atom stereocenters. The minimum atomic E-state index is -0.119. The van der Waals surface area contributed by atoms with Crippen LogP contribution in [-0.2, 0) is 36.4 Å². The smallest absolute Gasteiger partial charge is 0.305 e. The van der Waals surface area contributed by atoms with Gasteiger partial charge in [0.2, 0.25) is 0 Å². The molecule has 0 amide bonds. The summed E-state index contributed by atoms with van der Waals surface area (Å²) in [6.45, 7) is 19.8. The number of rotatable bonds is 6. The predicted octanol–water partition coefficient (Wildman–Crippen LogP) is 21.6. The molecule has 0 saturated heterocycles. The Kier molecular flexibility index (Phi) is 15.2. The first-order valence-electron chi connectivity index (χ1n) is 32.8. The Morgan fingerprint density at radius 3 is 0.794 bits per heavy atom. The third kappa shape index (κ3) is 10.7. The first kappa shape index (κ1) is 62.4. The third-order valence-corrected chi connectivity index (χ3v) is 19.5. The van der Waals surface area contributed by atoms with Crippen molar-refractivity contribution < 1.29 is 20.1 Å². The molecule has 0 N–H and O–H groups in total. The molecule has 0 fully saturated rings. The van der Waals surface area contributed by atoms with Gasteiger partial charge in [-0.05, 0) is 152 Å². The van der Waals surface area contributed by atoms with Gasteiger partial charge in [-0.15, -0.1) is 71.3 Å². The Labute approximate surface area is 576 Å². The van der Waals surface area contributed by atoms with Crippen LogP contribution in [0.4, 0.5) is 0 Å². The van der Waals surface area contributed by atoms with Crippen molar-refractivity contribution in [2.24, 2.45) is 0 Å². The monoisotopic (exact) mass is 1430 g/mol. The number of aromatic nitrogens is 3. The van der Waals surface area contributed by atoms with Crippen LogP contribution in [-0.4, -0.2) is 15.0 Å². The molecule has 0 aliphatic heterocycles. The van der Waals surface area contributed by atoms with Crippen LogP contribution in [0.25, 0.3) is 164 Å². The van der Waals surface area contributed by atoms with Gasteiger partial charge in [0, 0.05) is 50.9 Å². The van der Waals surface area contributed by atoms with Gasteiger partial charge in [-0.25, -0.2) is 0 Å². The number of pyridine rings is 3. The Bertz CT molecular complexity index is 5620. The van der Waals surface area contributed by atoms with E-state index in [9.17, 15) is 0 Å². The fourth-order valence-corrected chi connectivity index (χ4v) is 14.4. The molecule has 0 aliphatic rings. The van der Waals surface area contributed by atoms with Crippen LogP contribution < -0.4 is 16.3 Å². The molecule has 468 valence electrons. The van der Waals surface area contributed by atoms with E-state index in [1.807, 2.05) is 146 Å². The number of fused-ring (bicyclic) bond motifs is 15. The summed E-state index contributed by atoms with van der Waals surface area (Å²) >= 11 is 0. The summed E-state index contributed by atoms with van der Waals surface area (Å²) in [5, 5.41) is 13.4. The molecule has 0 unspecified atom stereocenters. The molecule has 16 aromatic rings. The van der Waals surface area contributed by atoms with Crippen LogP contribution in [0, 0.1) is 18.2 Å². The van der Waals surface area contributed by atoms with Crippen LogP contribution >= 0.6 is 0 Å². The normalized spacial score (nSPS) is 12.2. The van der Waals surface area contributed by atoms with E-state index in [1.54, 1.807) is 0 Å². The summed E-state index contributed by atoms with van der Waals surface area (Å²) in [6.07, 6.45) is 5.59. The molecule has 6 nitrogen and oxygen atoms in total. The molecule has 97 heavy (non-hydrogen) atoms. The quantitative estimate of drug-likeness (QED) is 0.154. The van der Waals surface area contributed by atoms with Crippen molar-refractivity contribution >= 4 is 97.0 Å². The second kappa shape index (κ2) is 23.6. The van der Waals surface area contributed by atoms with E-state index in [1.165, 1.54) is 0 Å². The predicted molar refractivity (Wildman–Crippen MR) is 401 cm³/mol. The van der Waals surface area contributed by atoms with Gasteiger partial charge < -0.3 is 15.0 Å². The summed E-state index contributed by atoms with van der Waals surface area (Å²) in [5.74, 6) is 0. The minimum absolute atomic E-state index is 0. The van der Waals surface area contributed by atoms with Gasteiger partial charge in [0.15, 0.2) is 16.3 Å². The summed E-state index contributed by atoms with van der Waals surface area (Å²) in [6, 6.07) is 84.5. The first-order valence-corrected chi connectivity index (χ1v) is 32.8. The largest absolute Gasteiger partial charge is 3.00 e. The summed E-state index contributed by atoms with van der Waals surface area (Å²) in [5.41, 5.74) is 12.5. The molecule has 3 heterocycles. The number of hydrogen-bond donors (Lipinski definition) is 0. The number of hydrogen-bond acceptors (Lipinski definition) is 6. The minimum Gasteiger partial charge on any atom is -0.305 e. The zero-order valence-corrected chi connectivity index (χ0v) is 57.8. The fourth-order valence-electron chi connectivity index (χ4n) is 14.4. The van der Waals surface area contributed by atoms with Crippen molar-refractivity contribution in [3.63, 3.8) is 0 Å². The first-order chi connectivity index (χ1) is 46.2. The van der Waals surface area contributed by atoms with Crippen molar-refractivity contribution in [1.29, 1.82) is 0 Å². The molecule has 0 saturated carbocycles. The van der Waals surface area contributed by atoms with Gasteiger partial charge >= 0.3 is 20.1 Å². The van der Waals surface area contributed by atoms with E-state index in [-0.39, 0.29) is 52.6 Å². The van der Waals surface area contributed by atoms with Crippen LogP contribution in [0.3, 0.4) is 0 Å². The maximum absolute atomic E-state index is 15.6. The van der Waals surface area contributed by atoms with E-state index in [0.717, 1.165) is 148 Å². The van der Waals surface area contributed by atoms with Gasteiger partial charge in [0.1, 0.15) is 0 Å². The standard InChI is InChI=1S/C90H66N3O3.Ir/c1-88(2,3)58-37-40-91-79(49-58)52-31-34-67-76(46-52)64-19-10-13-22-70(64)85(94)73-28-16-25-61(82(67)73)55-43-56(62-26-17-29-74-83(62)68-35-32-53(80-50-59(38-41-92-80)89(4,5)6)47-77(68)65-20-11-14-23-71(65)86(74)95)45-57(44-55)63-27-18-30-75-84(63)69-36-33-54(81-51-60(39-42-93-81)90(7,8)9)48-78(69)66-21-12-15-24-72(66)87(75)96;/h10-30,34-51H,1-9H3;/q-3;+3. The van der Waals surface area contributed by atoms with Crippen molar-refractivity contribution in [3.05, 3.63) is 303 Å². The van der Waals surface area contributed by atoms with Crippen molar-refractivity contribution in [1.82, 2.24) is 15.0 Å². The average Bonchev–Trinajstić information content (AvgIpc) is 1.73. The van der Waals surface area contributed by atoms with Gasteiger partial charge in [0.25, 0.3) is 0 Å². The van der Waals surface area contributed by atoms with Gasteiger partial charge in [-0.1, -0.05) is 240 Å². The van der Waals surface area contributed by atoms with E-state index < -0.39 is 0 Å². The Morgan fingerprint density at radius 1 is 0.268 bits per heavy atom. The molecular weight excluding hydrogens is 1360 g/mol. The molecule has 13 aromatic carbocycles. The molecule has 0 aliphatic carbocycles. The molecule has 0 bridgehead atoms. The second-order valence-corrected chi connectivity index (χ2v) is 28.7. The number of nitrogens with zero attached hydrogens (tertiary/aromatic N) is 3. The second-order valence-electron chi connectivity index (χ2n) is 28.7. The van der Waals surface area contributed by atoms with Crippen molar-refractivity contribution in [3.8, 4) is 67.2 Å². The summed E-state index contributed by atoms with van der Waals surface area (Å²) in [7, 11) is 0. The molecular formula is C90H66IrN3O3. The fraction of sp³-hybridized carbons (Fsp3) is 0.133. The maximum Gasteiger partial charge on any atom is 3.00 e. The average molecular weight is 1430 g/mol. The number of benzene rings is 10. The SMILES string of the molecule is CC(C)(C)c1ccnc(-c2[c-]cc3c(c2)c2ccccc2c(=O)c2cccc(-c4cc(-c5cccc6c(=O)c7ccccc7c7cc(-c8cc(C(C)(C)C)ccn8)[c-]cc7c56)cc(-c5cccc6c(=O)c7ccccc7c7cc(-c8cc(C(C)(C)C)ccn8)[c-]cc7c56)c4)c23)c1.[Ir+3]. The van der Waals surface area contributed by atoms with Gasteiger partial charge in [-0.3, -0.25) is 14.4 Å². The summed E-state index contributed by atoms with van der Waals surface area (Å²) < 4.78 is 0. The Morgan fingerprint density at radius 2 is 0.526 bits per heavy atom. The van der Waals surface area contributed by atoms with Gasteiger partial charge in [0.05, 0.1) is 0 Å². The van der Waals surface area contributed by atoms with Crippen molar-refractivity contribution in [2.75, 3.05) is 0 Å². The van der Waals surface area contributed by atoms with E-state index in [2.05, 4.69) is 172 Å². The van der Waals surface area contributed by atoms with E-state index >= 15 is 14.4 Å².